The third-order valence-corrected chi connectivity index (χ3v) is 2.27. The van der Waals surface area contributed by atoms with Crippen LogP contribution in [0.2, 0.25) is 0 Å². The minimum atomic E-state index is -0.325. The second-order valence-corrected chi connectivity index (χ2v) is 3.35. The molecule has 0 radical (unpaired) electrons. The third-order valence-electron chi connectivity index (χ3n) is 2.27. The van der Waals surface area contributed by atoms with Crippen LogP contribution in [-0.4, -0.2) is 21.7 Å². The summed E-state index contributed by atoms with van der Waals surface area (Å²) >= 11 is 0. The molecule has 5 nitrogen and oxygen atoms in total. The van der Waals surface area contributed by atoms with Crippen LogP contribution in [0.15, 0.2) is 16.6 Å². The molecule has 0 unspecified atom stereocenters. The number of hydrogen-bond acceptors (Lipinski definition) is 4. The number of carbonyl (C=O) groups excluding carboxylic acids is 2. The van der Waals surface area contributed by atoms with Gasteiger partial charge in [0.25, 0.3) is 11.8 Å². The summed E-state index contributed by atoms with van der Waals surface area (Å²) in [4.78, 5) is 27.6. The van der Waals surface area contributed by atoms with Crippen molar-refractivity contribution in [3.8, 4) is 0 Å². The molecule has 1 aliphatic rings. The highest BCUT2D eigenvalue weighted by Gasteiger charge is 2.25. The standard InChI is InChI=1S/C10H10N2O3/c1-6-7(2)15-8(11-6)5-12-9(13)3-4-10(12)14/h3-4H,5H2,1-2H3. The molecule has 0 fully saturated rings. The zero-order chi connectivity index (χ0) is 11.0. The fourth-order valence-electron chi connectivity index (χ4n) is 1.33. The second kappa shape index (κ2) is 3.34. The molecular weight excluding hydrogens is 196 g/mol. The van der Waals surface area contributed by atoms with Crippen LogP contribution in [0.3, 0.4) is 0 Å². The van der Waals surface area contributed by atoms with E-state index in [1.54, 1.807) is 6.92 Å². The van der Waals surface area contributed by atoms with E-state index in [4.69, 9.17) is 4.42 Å². The summed E-state index contributed by atoms with van der Waals surface area (Å²) in [6.07, 6.45) is 2.48. The summed E-state index contributed by atoms with van der Waals surface area (Å²) in [7, 11) is 0. The van der Waals surface area contributed by atoms with E-state index in [2.05, 4.69) is 4.98 Å². The third kappa shape index (κ3) is 1.68. The van der Waals surface area contributed by atoms with E-state index >= 15 is 0 Å². The zero-order valence-electron chi connectivity index (χ0n) is 8.48. The number of nitrogens with zero attached hydrogens (tertiary/aromatic N) is 2. The quantitative estimate of drug-likeness (QED) is 0.669. The van der Waals surface area contributed by atoms with Crippen LogP contribution in [0.25, 0.3) is 0 Å². The number of rotatable bonds is 2. The Morgan fingerprint density at radius 3 is 2.33 bits per heavy atom. The molecule has 0 spiro atoms. The van der Waals surface area contributed by atoms with Crippen LogP contribution >= 0.6 is 0 Å². The molecule has 15 heavy (non-hydrogen) atoms. The molecule has 0 N–H and O–H groups in total. The predicted molar refractivity (Wildman–Crippen MR) is 50.7 cm³/mol. The number of imide groups is 1. The summed E-state index contributed by atoms with van der Waals surface area (Å²) in [5.41, 5.74) is 0.775. The molecule has 0 saturated heterocycles. The number of hydrogen-bond donors (Lipinski definition) is 0. The zero-order valence-corrected chi connectivity index (χ0v) is 8.48. The van der Waals surface area contributed by atoms with Crippen molar-refractivity contribution < 1.29 is 14.0 Å². The van der Waals surface area contributed by atoms with Gasteiger partial charge in [0.1, 0.15) is 12.3 Å². The van der Waals surface area contributed by atoms with Gasteiger partial charge in [-0.1, -0.05) is 0 Å². The SMILES string of the molecule is Cc1nc(CN2C(=O)C=CC2=O)oc1C. The molecule has 1 aliphatic heterocycles. The first kappa shape index (κ1) is 9.64. The van der Waals surface area contributed by atoms with Gasteiger partial charge in [0.2, 0.25) is 5.89 Å². The minimum absolute atomic E-state index is 0.0966. The first-order valence-corrected chi connectivity index (χ1v) is 4.54. The van der Waals surface area contributed by atoms with Crippen LogP contribution in [-0.2, 0) is 16.1 Å². The van der Waals surface area contributed by atoms with E-state index in [0.717, 1.165) is 10.6 Å². The highest BCUT2D eigenvalue weighted by molar-refractivity contribution is 6.12. The Hall–Kier alpha value is -1.91. The highest BCUT2D eigenvalue weighted by atomic mass is 16.4. The van der Waals surface area contributed by atoms with Gasteiger partial charge in [-0.25, -0.2) is 4.98 Å². The average Bonchev–Trinajstić information content (AvgIpc) is 2.64. The Balaban J connectivity index is 2.16. The van der Waals surface area contributed by atoms with Gasteiger partial charge in [0, 0.05) is 12.2 Å². The van der Waals surface area contributed by atoms with E-state index in [0.29, 0.717) is 11.7 Å². The second-order valence-electron chi connectivity index (χ2n) is 3.35. The number of amides is 2. The van der Waals surface area contributed by atoms with Crippen LogP contribution in [0.4, 0.5) is 0 Å². The largest absolute Gasteiger partial charge is 0.444 e. The summed E-state index contributed by atoms with van der Waals surface area (Å²) in [5, 5.41) is 0. The van der Waals surface area contributed by atoms with Gasteiger partial charge in [-0.05, 0) is 13.8 Å². The topological polar surface area (TPSA) is 63.4 Å². The average molecular weight is 206 g/mol. The molecule has 0 aliphatic carbocycles. The molecule has 1 aromatic rings. The van der Waals surface area contributed by atoms with Crippen molar-refractivity contribution in [1.29, 1.82) is 0 Å². The van der Waals surface area contributed by atoms with Crippen LogP contribution in [0.5, 0.6) is 0 Å². The molecule has 0 atom stereocenters. The molecule has 0 saturated carbocycles. The highest BCUT2D eigenvalue weighted by Crippen LogP contribution is 2.13. The lowest BCUT2D eigenvalue weighted by Gasteiger charge is -2.10. The van der Waals surface area contributed by atoms with E-state index in [9.17, 15) is 9.59 Å². The number of aryl methyl sites for hydroxylation is 2. The van der Waals surface area contributed by atoms with E-state index < -0.39 is 0 Å². The molecule has 2 rings (SSSR count). The van der Waals surface area contributed by atoms with Crippen molar-refractivity contribution in [3.63, 3.8) is 0 Å². The van der Waals surface area contributed by atoms with Gasteiger partial charge >= 0.3 is 0 Å². The van der Waals surface area contributed by atoms with Gasteiger partial charge in [-0.3, -0.25) is 14.5 Å². The lowest BCUT2D eigenvalue weighted by atomic mass is 10.4. The maximum absolute atomic E-state index is 11.2. The summed E-state index contributed by atoms with van der Waals surface area (Å²) in [6.45, 7) is 3.70. The number of carbonyl (C=O) groups is 2. The maximum Gasteiger partial charge on any atom is 0.254 e. The van der Waals surface area contributed by atoms with Gasteiger partial charge in [0.15, 0.2) is 0 Å². The molecule has 78 valence electrons. The van der Waals surface area contributed by atoms with Crippen molar-refractivity contribution in [3.05, 3.63) is 29.5 Å². The Morgan fingerprint density at radius 2 is 1.87 bits per heavy atom. The predicted octanol–water partition coefficient (Wildman–Crippen LogP) is 0.716. The number of oxazole rings is 1. The summed E-state index contributed by atoms with van der Waals surface area (Å²) in [5.74, 6) is 0.439. The molecule has 0 bridgehead atoms. The molecule has 2 amide bonds. The lowest BCUT2D eigenvalue weighted by molar-refractivity contribution is -0.137. The lowest BCUT2D eigenvalue weighted by Crippen LogP contribution is -2.29. The first-order valence-electron chi connectivity index (χ1n) is 4.54. The molecule has 2 heterocycles. The van der Waals surface area contributed by atoms with Crippen molar-refractivity contribution >= 4 is 11.8 Å². The molecule has 1 aromatic heterocycles. The van der Waals surface area contributed by atoms with Gasteiger partial charge in [-0.2, -0.15) is 0 Å². The Morgan fingerprint density at radius 1 is 1.27 bits per heavy atom. The van der Waals surface area contributed by atoms with Crippen molar-refractivity contribution in [1.82, 2.24) is 9.88 Å². The summed E-state index contributed by atoms with van der Waals surface area (Å²) in [6, 6.07) is 0. The van der Waals surface area contributed by atoms with Gasteiger partial charge in [0.05, 0.1) is 5.69 Å². The van der Waals surface area contributed by atoms with Crippen molar-refractivity contribution in [2.75, 3.05) is 0 Å². The Bertz CT molecular complexity index is 422. The summed E-state index contributed by atoms with van der Waals surface area (Å²) < 4.78 is 5.29. The van der Waals surface area contributed by atoms with Crippen LogP contribution in [0.1, 0.15) is 17.3 Å². The van der Waals surface area contributed by atoms with E-state index in [1.165, 1.54) is 12.2 Å². The Labute approximate surface area is 86.4 Å². The van der Waals surface area contributed by atoms with Crippen molar-refractivity contribution in [2.45, 2.75) is 20.4 Å². The minimum Gasteiger partial charge on any atom is -0.444 e. The fourth-order valence-corrected chi connectivity index (χ4v) is 1.33. The normalized spacial score (nSPS) is 15.5. The van der Waals surface area contributed by atoms with E-state index in [1.807, 2.05) is 6.92 Å². The van der Waals surface area contributed by atoms with Gasteiger partial charge < -0.3 is 4.42 Å². The molecule has 5 heteroatoms. The Kier molecular flexibility index (Phi) is 2.15. The fraction of sp³-hybridized carbons (Fsp3) is 0.300. The number of aromatic nitrogens is 1. The first-order chi connectivity index (χ1) is 7.08. The van der Waals surface area contributed by atoms with Crippen LogP contribution in [0, 0.1) is 13.8 Å². The monoisotopic (exact) mass is 206 g/mol. The van der Waals surface area contributed by atoms with Gasteiger partial charge in [-0.15, -0.1) is 0 Å². The smallest absolute Gasteiger partial charge is 0.254 e. The van der Waals surface area contributed by atoms with Crippen molar-refractivity contribution in [2.24, 2.45) is 0 Å². The maximum atomic E-state index is 11.2. The van der Waals surface area contributed by atoms with Crippen LogP contribution < -0.4 is 0 Å². The molecule has 0 aromatic carbocycles. The van der Waals surface area contributed by atoms with E-state index in [-0.39, 0.29) is 18.4 Å². The molecular formula is C10H10N2O3.